The molecule has 8 heteroatoms. The predicted octanol–water partition coefficient (Wildman–Crippen LogP) is 3.63. The maximum absolute atomic E-state index is 13.1. The maximum atomic E-state index is 13.1. The summed E-state index contributed by atoms with van der Waals surface area (Å²) in [6.45, 7) is 7.92. The summed E-state index contributed by atoms with van der Waals surface area (Å²) in [5.74, 6) is -0.0244. The summed E-state index contributed by atoms with van der Waals surface area (Å²) in [6.07, 6.45) is -0.594. The standard InChI is InChI=1S/C18H26BrFN2O4/c1-5-25-18(24)22-14(8-11(2)3)10-21-17(23)12(4)26-16-7-6-13(20)9-15(16)19/h6-7,9,11-12,14H,5,8,10H2,1-4H3,(H,21,23)(H,22,24). The molecule has 0 saturated heterocycles. The van der Waals surface area contributed by atoms with Crippen molar-refractivity contribution in [3.63, 3.8) is 0 Å². The van der Waals surface area contributed by atoms with Gasteiger partial charge in [-0.3, -0.25) is 4.79 Å². The van der Waals surface area contributed by atoms with E-state index in [4.69, 9.17) is 9.47 Å². The molecular weight excluding hydrogens is 407 g/mol. The molecule has 0 spiro atoms. The van der Waals surface area contributed by atoms with Crippen molar-refractivity contribution in [3.05, 3.63) is 28.5 Å². The molecule has 0 aliphatic heterocycles. The quantitative estimate of drug-likeness (QED) is 0.624. The van der Waals surface area contributed by atoms with Crippen molar-refractivity contribution in [1.29, 1.82) is 0 Å². The smallest absolute Gasteiger partial charge is 0.407 e. The number of benzene rings is 1. The minimum atomic E-state index is -0.779. The first kappa shape index (κ1) is 22.2. The monoisotopic (exact) mass is 432 g/mol. The van der Waals surface area contributed by atoms with Crippen molar-refractivity contribution < 1.29 is 23.5 Å². The van der Waals surface area contributed by atoms with Gasteiger partial charge >= 0.3 is 6.09 Å². The van der Waals surface area contributed by atoms with Crippen LogP contribution in [0.15, 0.2) is 22.7 Å². The van der Waals surface area contributed by atoms with Crippen LogP contribution >= 0.6 is 15.9 Å². The molecule has 0 heterocycles. The van der Waals surface area contributed by atoms with E-state index in [9.17, 15) is 14.0 Å². The first-order chi connectivity index (χ1) is 12.2. The van der Waals surface area contributed by atoms with Crippen LogP contribution in [0.25, 0.3) is 0 Å². The van der Waals surface area contributed by atoms with Crippen molar-refractivity contribution in [3.8, 4) is 5.75 Å². The second-order valence-electron chi connectivity index (χ2n) is 6.27. The van der Waals surface area contributed by atoms with Gasteiger partial charge in [-0.25, -0.2) is 9.18 Å². The van der Waals surface area contributed by atoms with Crippen LogP contribution in [0.3, 0.4) is 0 Å². The zero-order valence-electron chi connectivity index (χ0n) is 15.5. The van der Waals surface area contributed by atoms with E-state index in [2.05, 4.69) is 26.6 Å². The van der Waals surface area contributed by atoms with Crippen LogP contribution in [-0.4, -0.2) is 37.3 Å². The van der Waals surface area contributed by atoms with Crippen LogP contribution < -0.4 is 15.4 Å². The summed E-state index contributed by atoms with van der Waals surface area (Å²) < 4.78 is 24.0. The van der Waals surface area contributed by atoms with Crippen molar-refractivity contribution in [1.82, 2.24) is 10.6 Å². The minimum Gasteiger partial charge on any atom is -0.480 e. The summed E-state index contributed by atoms with van der Waals surface area (Å²) in [5, 5.41) is 5.51. The van der Waals surface area contributed by atoms with Gasteiger partial charge in [0.15, 0.2) is 6.10 Å². The van der Waals surface area contributed by atoms with E-state index in [1.54, 1.807) is 13.8 Å². The fourth-order valence-electron chi connectivity index (χ4n) is 2.28. The topological polar surface area (TPSA) is 76.7 Å². The lowest BCUT2D eigenvalue weighted by Gasteiger charge is -2.22. The van der Waals surface area contributed by atoms with Crippen molar-refractivity contribution in [2.75, 3.05) is 13.2 Å². The van der Waals surface area contributed by atoms with Gasteiger partial charge in [-0.05, 0) is 60.3 Å². The Balaban J connectivity index is 2.58. The number of carbonyl (C=O) groups excluding carboxylic acids is 2. The predicted molar refractivity (Wildman–Crippen MR) is 101 cm³/mol. The maximum Gasteiger partial charge on any atom is 0.407 e. The second kappa shape index (κ2) is 11.0. The lowest BCUT2D eigenvalue weighted by atomic mass is 10.0. The van der Waals surface area contributed by atoms with Gasteiger partial charge in [0, 0.05) is 12.6 Å². The number of hydrogen-bond acceptors (Lipinski definition) is 4. The highest BCUT2D eigenvalue weighted by atomic mass is 79.9. The molecule has 1 rings (SSSR count). The summed E-state index contributed by atoms with van der Waals surface area (Å²) in [7, 11) is 0. The second-order valence-corrected chi connectivity index (χ2v) is 7.13. The SMILES string of the molecule is CCOC(=O)NC(CNC(=O)C(C)Oc1ccc(F)cc1Br)CC(C)C. The average molecular weight is 433 g/mol. The molecule has 0 saturated carbocycles. The number of hydrogen-bond donors (Lipinski definition) is 2. The normalized spacial score (nSPS) is 13.0. The van der Waals surface area contributed by atoms with E-state index in [0.717, 1.165) is 0 Å². The van der Waals surface area contributed by atoms with Gasteiger partial charge in [-0.1, -0.05) is 13.8 Å². The molecule has 2 amide bonds. The molecule has 1 aromatic rings. The van der Waals surface area contributed by atoms with Gasteiger partial charge in [0.25, 0.3) is 5.91 Å². The zero-order chi connectivity index (χ0) is 19.7. The lowest BCUT2D eigenvalue weighted by molar-refractivity contribution is -0.127. The number of carbonyl (C=O) groups is 2. The third-order valence-electron chi connectivity index (χ3n) is 3.44. The highest BCUT2D eigenvalue weighted by Gasteiger charge is 2.20. The lowest BCUT2D eigenvalue weighted by Crippen LogP contribution is -2.47. The van der Waals surface area contributed by atoms with E-state index < -0.39 is 18.0 Å². The van der Waals surface area contributed by atoms with Crippen LogP contribution in [0.5, 0.6) is 5.75 Å². The number of halogens is 2. The number of ether oxygens (including phenoxy) is 2. The van der Waals surface area contributed by atoms with Gasteiger partial charge < -0.3 is 20.1 Å². The first-order valence-electron chi connectivity index (χ1n) is 8.55. The molecule has 146 valence electrons. The summed E-state index contributed by atoms with van der Waals surface area (Å²) in [5.41, 5.74) is 0. The molecule has 1 aromatic carbocycles. The molecule has 26 heavy (non-hydrogen) atoms. The average Bonchev–Trinajstić information content (AvgIpc) is 2.54. The molecule has 0 radical (unpaired) electrons. The Bertz CT molecular complexity index is 613. The summed E-state index contributed by atoms with van der Waals surface area (Å²) in [4.78, 5) is 23.9. The Labute approximate surface area is 161 Å². The molecule has 0 aromatic heterocycles. The molecule has 0 aliphatic carbocycles. The third-order valence-corrected chi connectivity index (χ3v) is 4.06. The summed E-state index contributed by atoms with van der Waals surface area (Å²) in [6, 6.07) is 3.73. The van der Waals surface area contributed by atoms with E-state index >= 15 is 0 Å². The van der Waals surface area contributed by atoms with Gasteiger partial charge in [-0.2, -0.15) is 0 Å². The van der Waals surface area contributed by atoms with Gasteiger partial charge in [0.05, 0.1) is 11.1 Å². The van der Waals surface area contributed by atoms with E-state index in [0.29, 0.717) is 22.6 Å². The molecule has 0 bridgehead atoms. The molecule has 0 fully saturated rings. The first-order valence-corrected chi connectivity index (χ1v) is 9.34. The number of alkyl carbamates (subject to hydrolysis) is 1. The molecule has 2 atom stereocenters. The molecular formula is C18H26BrFN2O4. The van der Waals surface area contributed by atoms with Gasteiger partial charge in [-0.15, -0.1) is 0 Å². The Hall–Kier alpha value is -1.83. The van der Waals surface area contributed by atoms with Crippen LogP contribution in [0.4, 0.5) is 9.18 Å². The minimum absolute atomic E-state index is 0.247. The van der Waals surface area contributed by atoms with Gasteiger partial charge in [0.1, 0.15) is 11.6 Å². The highest BCUT2D eigenvalue weighted by molar-refractivity contribution is 9.10. The Morgan fingerprint density at radius 2 is 1.96 bits per heavy atom. The van der Waals surface area contributed by atoms with Crippen LogP contribution in [0, 0.1) is 11.7 Å². The van der Waals surface area contributed by atoms with Crippen LogP contribution in [-0.2, 0) is 9.53 Å². The van der Waals surface area contributed by atoms with E-state index in [-0.39, 0.29) is 25.1 Å². The van der Waals surface area contributed by atoms with Crippen LogP contribution in [0.2, 0.25) is 0 Å². The van der Waals surface area contributed by atoms with Gasteiger partial charge in [0.2, 0.25) is 0 Å². The van der Waals surface area contributed by atoms with Crippen molar-refractivity contribution >= 4 is 27.9 Å². The van der Waals surface area contributed by atoms with E-state index in [1.165, 1.54) is 18.2 Å². The number of amides is 2. The zero-order valence-corrected chi connectivity index (χ0v) is 17.1. The number of rotatable bonds is 9. The molecule has 2 N–H and O–H groups in total. The Kier molecular flexibility index (Phi) is 9.40. The third kappa shape index (κ3) is 8.03. The highest BCUT2D eigenvalue weighted by Crippen LogP contribution is 2.26. The van der Waals surface area contributed by atoms with E-state index in [1.807, 2.05) is 13.8 Å². The Morgan fingerprint density at radius 3 is 2.54 bits per heavy atom. The fraction of sp³-hybridized carbons (Fsp3) is 0.556. The van der Waals surface area contributed by atoms with Crippen molar-refractivity contribution in [2.45, 2.75) is 46.3 Å². The Morgan fingerprint density at radius 1 is 1.27 bits per heavy atom. The largest absolute Gasteiger partial charge is 0.480 e. The molecule has 2 unspecified atom stereocenters. The molecule has 6 nitrogen and oxygen atoms in total. The molecule has 0 aliphatic rings. The van der Waals surface area contributed by atoms with Crippen LogP contribution in [0.1, 0.15) is 34.1 Å². The summed E-state index contributed by atoms with van der Waals surface area (Å²) >= 11 is 3.20. The van der Waals surface area contributed by atoms with Crippen molar-refractivity contribution in [2.24, 2.45) is 5.92 Å². The number of nitrogens with one attached hydrogen (secondary N) is 2. The fourth-order valence-corrected chi connectivity index (χ4v) is 2.73.